The van der Waals surface area contributed by atoms with Gasteiger partial charge in [0.1, 0.15) is 11.5 Å². The van der Waals surface area contributed by atoms with Gasteiger partial charge in [0, 0.05) is 6.07 Å². The molecular formula is C17H17Cl2NO3. The Morgan fingerprint density at radius 2 is 1.78 bits per heavy atom. The zero-order chi connectivity index (χ0) is 17.0. The Morgan fingerprint density at radius 3 is 2.39 bits per heavy atom. The maximum Gasteiger partial charge on any atom is 0.255 e. The van der Waals surface area contributed by atoms with Gasteiger partial charge in [-0.05, 0) is 36.8 Å². The van der Waals surface area contributed by atoms with E-state index < -0.39 is 0 Å². The molecule has 6 heteroatoms. The fourth-order valence-corrected chi connectivity index (χ4v) is 2.43. The first kappa shape index (κ1) is 17.4. The van der Waals surface area contributed by atoms with Gasteiger partial charge in [-0.3, -0.25) is 4.79 Å². The molecular weight excluding hydrogens is 337 g/mol. The van der Waals surface area contributed by atoms with Gasteiger partial charge in [-0.25, -0.2) is 0 Å². The fraction of sp³-hybridized carbons (Fsp3) is 0.235. The topological polar surface area (TPSA) is 47.6 Å². The van der Waals surface area contributed by atoms with Crippen LogP contribution in [-0.4, -0.2) is 20.1 Å². The Labute approximate surface area is 145 Å². The minimum Gasteiger partial charge on any atom is -0.497 e. The van der Waals surface area contributed by atoms with Crippen LogP contribution in [0.4, 0.5) is 0 Å². The highest BCUT2D eigenvalue weighted by Crippen LogP contribution is 2.27. The molecule has 0 aliphatic carbocycles. The average molecular weight is 354 g/mol. The summed E-state index contributed by atoms with van der Waals surface area (Å²) in [6, 6.07) is 10.1. The third-order valence-corrected chi connectivity index (χ3v) is 4.18. The molecule has 0 saturated carbocycles. The molecule has 2 aromatic carbocycles. The van der Waals surface area contributed by atoms with Crippen molar-refractivity contribution in [1.82, 2.24) is 5.32 Å². The van der Waals surface area contributed by atoms with Crippen LogP contribution in [0.1, 0.15) is 28.9 Å². The van der Waals surface area contributed by atoms with E-state index in [1.165, 1.54) is 7.11 Å². The van der Waals surface area contributed by atoms with Gasteiger partial charge in [0.2, 0.25) is 0 Å². The van der Waals surface area contributed by atoms with Crippen molar-refractivity contribution in [3.63, 3.8) is 0 Å². The smallest absolute Gasteiger partial charge is 0.255 e. The highest BCUT2D eigenvalue weighted by molar-refractivity contribution is 6.42. The van der Waals surface area contributed by atoms with Crippen molar-refractivity contribution in [2.75, 3.05) is 14.2 Å². The third-order valence-electron chi connectivity index (χ3n) is 3.44. The summed E-state index contributed by atoms with van der Waals surface area (Å²) in [6.07, 6.45) is 0. The van der Waals surface area contributed by atoms with Crippen LogP contribution < -0.4 is 14.8 Å². The molecule has 0 aromatic heterocycles. The lowest BCUT2D eigenvalue weighted by molar-refractivity contribution is 0.0937. The van der Waals surface area contributed by atoms with Crippen LogP contribution in [-0.2, 0) is 0 Å². The Balaban J connectivity index is 2.19. The van der Waals surface area contributed by atoms with E-state index in [4.69, 9.17) is 32.7 Å². The van der Waals surface area contributed by atoms with Crippen molar-refractivity contribution in [2.24, 2.45) is 0 Å². The van der Waals surface area contributed by atoms with Crippen molar-refractivity contribution in [3.8, 4) is 11.5 Å². The van der Waals surface area contributed by atoms with Gasteiger partial charge in [0.05, 0.1) is 35.9 Å². The van der Waals surface area contributed by atoms with Crippen LogP contribution in [0, 0.1) is 0 Å². The quantitative estimate of drug-likeness (QED) is 0.860. The van der Waals surface area contributed by atoms with E-state index in [0.717, 1.165) is 5.56 Å². The molecule has 122 valence electrons. The Hall–Kier alpha value is -1.91. The number of carbonyl (C=O) groups is 1. The lowest BCUT2D eigenvalue weighted by atomic mass is 10.1. The summed E-state index contributed by atoms with van der Waals surface area (Å²) in [7, 11) is 3.06. The van der Waals surface area contributed by atoms with Gasteiger partial charge in [-0.15, -0.1) is 0 Å². The summed E-state index contributed by atoms with van der Waals surface area (Å²) in [5.41, 5.74) is 1.29. The van der Waals surface area contributed by atoms with Gasteiger partial charge in [-0.1, -0.05) is 29.3 Å². The van der Waals surface area contributed by atoms with E-state index in [0.29, 0.717) is 27.1 Å². The van der Waals surface area contributed by atoms with Gasteiger partial charge < -0.3 is 14.8 Å². The molecule has 0 spiro atoms. The normalized spacial score (nSPS) is 11.7. The molecule has 0 aliphatic heterocycles. The number of benzene rings is 2. The van der Waals surface area contributed by atoms with E-state index in [1.54, 1.807) is 37.4 Å². The van der Waals surface area contributed by atoms with E-state index >= 15 is 0 Å². The van der Waals surface area contributed by atoms with Gasteiger partial charge in [0.15, 0.2) is 0 Å². The second-order valence-electron chi connectivity index (χ2n) is 4.93. The molecule has 2 aromatic rings. The highest BCUT2D eigenvalue weighted by Gasteiger charge is 2.16. The summed E-state index contributed by atoms with van der Waals surface area (Å²) in [5, 5.41) is 3.84. The maximum atomic E-state index is 12.5. The lowest BCUT2D eigenvalue weighted by Gasteiger charge is -2.16. The van der Waals surface area contributed by atoms with Crippen LogP contribution in [0.2, 0.25) is 10.0 Å². The van der Waals surface area contributed by atoms with Gasteiger partial charge in [0.25, 0.3) is 5.91 Å². The van der Waals surface area contributed by atoms with Gasteiger partial charge >= 0.3 is 0 Å². The van der Waals surface area contributed by atoms with E-state index in [9.17, 15) is 4.79 Å². The monoisotopic (exact) mass is 353 g/mol. The van der Waals surface area contributed by atoms with Crippen LogP contribution in [0.5, 0.6) is 11.5 Å². The Morgan fingerprint density at radius 1 is 1.04 bits per heavy atom. The standard InChI is InChI=1S/C17H17Cl2NO3/c1-10(11-4-7-14(18)15(19)8-11)20-17(21)13-6-5-12(22-2)9-16(13)23-3/h4-10H,1-3H3,(H,20,21)/t10-/m0/s1. The summed E-state index contributed by atoms with van der Waals surface area (Å²) in [6.45, 7) is 1.87. The third kappa shape index (κ3) is 4.09. The van der Waals surface area contributed by atoms with Crippen LogP contribution in [0.25, 0.3) is 0 Å². The molecule has 0 heterocycles. The Bertz CT molecular complexity index is 719. The first-order valence-electron chi connectivity index (χ1n) is 6.94. The zero-order valence-corrected chi connectivity index (χ0v) is 14.5. The van der Waals surface area contributed by atoms with Crippen molar-refractivity contribution in [3.05, 3.63) is 57.6 Å². The molecule has 0 unspecified atom stereocenters. The lowest BCUT2D eigenvalue weighted by Crippen LogP contribution is -2.27. The molecule has 0 fully saturated rings. The molecule has 0 saturated heterocycles. The van der Waals surface area contributed by atoms with Crippen molar-refractivity contribution < 1.29 is 14.3 Å². The van der Waals surface area contributed by atoms with E-state index in [2.05, 4.69) is 5.32 Å². The SMILES string of the molecule is COc1ccc(C(=O)N[C@@H](C)c2ccc(Cl)c(Cl)c2)c(OC)c1. The molecule has 1 amide bonds. The number of hydrogen-bond acceptors (Lipinski definition) is 3. The van der Waals surface area contributed by atoms with E-state index in [-0.39, 0.29) is 11.9 Å². The van der Waals surface area contributed by atoms with Crippen LogP contribution in [0.3, 0.4) is 0 Å². The minimum absolute atomic E-state index is 0.232. The number of carbonyl (C=O) groups excluding carboxylic acids is 1. The predicted molar refractivity (Wildman–Crippen MR) is 91.9 cm³/mol. The maximum absolute atomic E-state index is 12.5. The second-order valence-corrected chi connectivity index (χ2v) is 5.75. The van der Waals surface area contributed by atoms with Crippen molar-refractivity contribution >= 4 is 29.1 Å². The molecule has 1 N–H and O–H groups in total. The number of rotatable bonds is 5. The molecule has 1 atom stereocenters. The summed E-state index contributed by atoms with van der Waals surface area (Å²) >= 11 is 11.9. The fourth-order valence-electron chi connectivity index (χ4n) is 2.13. The molecule has 0 radical (unpaired) electrons. The van der Waals surface area contributed by atoms with Crippen molar-refractivity contribution in [2.45, 2.75) is 13.0 Å². The molecule has 23 heavy (non-hydrogen) atoms. The van der Waals surface area contributed by atoms with E-state index in [1.807, 2.05) is 13.0 Å². The number of hydrogen-bond donors (Lipinski definition) is 1. The zero-order valence-electron chi connectivity index (χ0n) is 13.0. The minimum atomic E-state index is -0.247. The highest BCUT2D eigenvalue weighted by atomic mass is 35.5. The summed E-state index contributed by atoms with van der Waals surface area (Å²) in [5.74, 6) is 0.821. The average Bonchev–Trinajstić information content (AvgIpc) is 2.56. The first-order valence-corrected chi connectivity index (χ1v) is 7.69. The summed E-state index contributed by atoms with van der Waals surface area (Å²) in [4.78, 5) is 12.5. The largest absolute Gasteiger partial charge is 0.497 e. The van der Waals surface area contributed by atoms with Gasteiger partial charge in [-0.2, -0.15) is 0 Å². The van der Waals surface area contributed by atoms with Crippen LogP contribution >= 0.6 is 23.2 Å². The predicted octanol–water partition coefficient (Wildman–Crippen LogP) is 4.50. The number of methoxy groups -OCH3 is 2. The first-order chi connectivity index (χ1) is 11.0. The number of ether oxygens (including phenoxy) is 2. The number of amides is 1. The number of halogens is 2. The molecule has 0 aliphatic rings. The molecule has 0 bridgehead atoms. The van der Waals surface area contributed by atoms with Crippen LogP contribution in [0.15, 0.2) is 36.4 Å². The summed E-state index contributed by atoms with van der Waals surface area (Å²) < 4.78 is 10.4. The number of nitrogens with one attached hydrogen (secondary N) is 1. The molecule has 2 rings (SSSR count). The molecule has 4 nitrogen and oxygen atoms in total. The Kier molecular flexibility index (Phi) is 5.74. The second kappa shape index (κ2) is 7.57. The van der Waals surface area contributed by atoms with Crippen molar-refractivity contribution in [1.29, 1.82) is 0 Å².